The normalized spacial score (nSPS) is 22.2. The Balaban J connectivity index is 2.21. The molecule has 15 heavy (non-hydrogen) atoms. The van der Waals surface area contributed by atoms with Gasteiger partial charge in [-0.25, -0.2) is 0 Å². The van der Waals surface area contributed by atoms with E-state index < -0.39 is 0 Å². The fraction of sp³-hybridized carbons (Fsp3) is 1.00. The van der Waals surface area contributed by atoms with Gasteiger partial charge < -0.3 is 10.6 Å². The highest BCUT2D eigenvalue weighted by Gasteiger charge is 2.28. The van der Waals surface area contributed by atoms with Crippen molar-refractivity contribution in [2.75, 3.05) is 20.1 Å². The summed E-state index contributed by atoms with van der Waals surface area (Å²) in [6, 6.07) is 0.829. The SMILES string of the molecule is CN(CCCCN)C1CCC(C)(C)CC1. The van der Waals surface area contributed by atoms with E-state index in [1.165, 1.54) is 45.1 Å². The molecule has 2 nitrogen and oxygen atoms in total. The predicted octanol–water partition coefficient (Wildman–Crippen LogP) is 2.63. The molecule has 1 saturated carbocycles. The lowest BCUT2D eigenvalue weighted by molar-refractivity contribution is 0.126. The monoisotopic (exact) mass is 212 g/mol. The van der Waals surface area contributed by atoms with Gasteiger partial charge in [-0.05, 0) is 64.1 Å². The molecule has 0 bridgehead atoms. The minimum atomic E-state index is 0.592. The lowest BCUT2D eigenvalue weighted by Gasteiger charge is -2.38. The molecule has 0 aliphatic heterocycles. The van der Waals surface area contributed by atoms with Crippen LogP contribution in [0.5, 0.6) is 0 Å². The van der Waals surface area contributed by atoms with Crippen LogP contribution in [0.2, 0.25) is 0 Å². The Labute approximate surface area is 95.2 Å². The first-order valence-corrected chi connectivity index (χ1v) is 6.45. The van der Waals surface area contributed by atoms with Crippen LogP contribution in [0, 0.1) is 5.41 Å². The Morgan fingerprint density at radius 2 is 1.80 bits per heavy atom. The molecule has 0 spiro atoms. The minimum Gasteiger partial charge on any atom is -0.330 e. The van der Waals surface area contributed by atoms with Crippen LogP contribution in [-0.4, -0.2) is 31.1 Å². The van der Waals surface area contributed by atoms with Crippen LogP contribution >= 0.6 is 0 Å². The molecule has 1 fully saturated rings. The smallest absolute Gasteiger partial charge is 0.00926 e. The van der Waals surface area contributed by atoms with Gasteiger partial charge >= 0.3 is 0 Å². The molecule has 0 aromatic rings. The Morgan fingerprint density at radius 1 is 1.20 bits per heavy atom. The van der Waals surface area contributed by atoms with E-state index in [0.717, 1.165) is 12.6 Å². The third-order valence-electron chi connectivity index (χ3n) is 3.90. The number of hydrogen-bond acceptors (Lipinski definition) is 2. The molecule has 0 aromatic heterocycles. The lowest BCUT2D eigenvalue weighted by Crippen LogP contribution is -2.37. The number of rotatable bonds is 5. The van der Waals surface area contributed by atoms with Crippen LogP contribution in [-0.2, 0) is 0 Å². The summed E-state index contributed by atoms with van der Waals surface area (Å²) in [5.74, 6) is 0. The van der Waals surface area contributed by atoms with E-state index in [-0.39, 0.29) is 0 Å². The van der Waals surface area contributed by atoms with Crippen molar-refractivity contribution in [3.8, 4) is 0 Å². The summed E-state index contributed by atoms with van der Waals surface area (Å²) >= 11 is 0. The Morgan fingerprint density at radius 3 is 2.33 bits per heavy atom. The van der Waals surface area contributed by atoms with Crippen LogP contribution in [0.4, 0.5) is 0 Å². The molecule has 2 N–H and O–H groups in total. The summed E-state index contributed by atoms with van der Waals surface area (Å²) in [7, 11) is 2.28. The van der Waals surface area contributed by atoms with Crippen molar-refractivity contribution in [3.05, 3.63) is 0 Å². The van der Waals surface area contributed by atoms with Crippen molar-refractivity contribution >= 4 is 0 Å². The Kier molecular flexibility index (Phi) is 5.07. The van der Waals surface area contributed by atoms with Gasteiger partial charge in [0.1, 0.15) is 0 Å². The number of unbranched alkanes of at least 4 members (excludes halogenated alkanes) is 1. The van der Waals surface area contributed by atoms with Gasteiger partial charge in [-0.15, -0.1) is 0 Å². The second-order valence-electron chi connectivity index (χ2n) is 5.87. The van der Waals surface area contributed by atoms with Crippen LogP contribution in [0.3, 0.4) is 0 Å². The van der Waals surface area contributed by atoms with Gasteiger partial charge in [0.2, 0.25) is 0 Å². The highest BCUT2D eigenvalue weighted by Crippen LogP contribution is 2.36. The van der Waals surface area contributed by atoms with Gasteiger partial charge in [-0.3, -0.25) is 0 Å². The van der Waals surface area contributed by atoms with Crippen LogP contribution in [0.15, 0.2) is 0 Å². The third-order valence-corrected chi connectivity index (χ3v) is 3.90. The number of nitrogens with two attached hydrogens (primary N) is 1. The van der Waals surface area contributed by atoms with E-state index in [4.69, 9.17) is 5.73 Å². The largest absolute Gasteiger partial charge is 0.330 e. The highest BCUT2D eigenvalue weighted by atomic mass is 15.1. The minimum absolute atomic E-state index is 0.592. The standard InChI is InChI=1S/C13H28N2/c1-13(2)8-6-12(7-9-13)15(3)11-5-4-10-14/h12H,4-11,14H2,1-3H3. The number of hydrogen-bond donors (Lipinski definition) is 1. The van der Waals surface area contributed by atoms with Crippen LogP contribution in [0.25, 0.3) is 0 Å². The van der Waals surface area contributed by atoms with Crippen molar-refractivity contribution in [3.63, 3.8) is 0 Å². The second-order valence-corrected chi connectivity index (χ2v) is 5.87. The Bertz CT molecular complexity index is 167. The number of nitrogens with zero attached hydrogens (tertiary/aromatic N) is 1. The zero-order valence-corrected chi connectivity index (χ0v) is 10.8. The lowest BCUT2D eigenvalue weighted by atomic mass is 9.75. The maximum absolute atomic E-state index is 5.51. The predicted molar refractivity (Wildman–Crippen MR) is 67.0 cm³/mol. The van der Waals surface area contributed by atoms with Gasteiger partial charge in [0, 0.05) is 6.04 Å². The second kappa shape index (κ2) is 5.86. The molecular weight excluding hydrogens is 184 g/mol. The molecule has 0 atom stereocenters. The van der Waals surface area contributed by atoms with E-state index in [2.05, 4.69) is 25.8 Å². The fourth-order valence-electron chi connectivity index (χ4n) is 2.51. The maximum Gasteiger partial charge on any atom is 0.00926 e. The van der Waals surface area contributed by atoms with E-state index >= 15 is 0 Å². The molecule has 1 aliphatic rings. The summed E-state index contributed by atoms with van der Waals surface area (Å²) in [5, 5.41) is 0. The summed E-state index contributed by atoms with van der Waals surface area (Å²) in [6.07, 6.45) is 7.96. The molecule has 1 aliphatic carbocycles. The van der Waals surface area contributed by atoms with Gasteiger partial charge in [-0.2, -0.15) is 0 Å². The summed E-state index contributed by atoms with van der Waals surface area (Å²) in [5.41, 5.74) is 6.10. The fourth-order valence-corrected chi connectivity index (χ4v) is 2.51. The molecule has 2 heteroatoms. The summed E-state index contributed by atoms with van der Waals surface area (Å²) in [6.45, 7) is 6.86. The quantitative estimate of drug-likeness (QED) is 0.710. The van der Waals surface area contributed by atoms with Crippen LogP contribution < -0.4 is 5.73 Å². The molecule has 1 rings (SSSR count). The molecule has 0 radical (unpaired) electrons. The zero-order chi connectivity index (χ0) is 11.3. The molecular formula is C13H28N2. The molecule has 0 heterocycles. The molecule has 0 amide bonds. The Hall–Kier alpha value is -0.0800. The first-order valence-electron chi connectivity index (χ1n) is 6.45. The molecule has 0 unspecified atom stereocenters. The van der Waals surface area contributed by atoms with E-state index in [9.17, 15) is 0 Å². The maximum atomic E-state index is 5.51. The van der Waals surface area contributed by atoms with Gasteiger partial charge in [0.15, 0.2) is 0 Å². The van der Waals surface area contributed by atoms with Gasteiger partial charge in [0.25, 0.3) is 0 Å². The average molecular weight is 212 g/mol. The van der Waals surface area contributed by atoms with Crippen molar-refractivity contribution in [1.82, 2.24) is 4.90 Å². The topological polar surface area (TPSA) is 29.3 Å². The van der Waals surface area contributed by atoms with Crippen molar-refractivity contribution < 1.29 is 0 Å². The zero-order valence-electron chi connectivity index (χ0n) is 10.8. The van der Waals surface area contributed by atoms with Gasteiger partial charge in [-0.1, -0.05) is 13.8 Å². The first kappa shape index (κ1) is 13.0. The summed E-state index contributed by atoms with van der Waals surface area (Å²) in [4.78, 5) is 2.55. The third kappa shape index (κ3) is 4.52. The van der Waals surface area contributed by atoms with E-state index in [1.807, 2.05) is 0 Å². The summed E-state index contributed by atoms with van der Waals surface area (Å²) < 4.78 is 0. The van der Waals surface area contributed by atoms with Crippen molar-refractivity contribution in [2.24, 2.45) is 11.1 Å². The van der Waals surface area contributed by atoms with Crippen molar-refractivity contribution in [2.45, 2.75) is 58.4 Å². The highest BCUT2D eigenvalue weighted by molar-refractivity contribution is 4.82. The van der Waals surface area contributed by atoms with Crippen LogP contribution in [0.1, 0.15) is 52.4 Å². The van der Waals surface area contributed by atoms with Gasteiger partial charge in [0.05, 0.1) is 0 Å². The first-order chi connectivity index (χ1) is 7.05. The molecule has 90 valence electrons. The van der Waals surface area contributed by atoms with E-state index in [1.54, 1.807) is 0 Å². The molecule has 0 saturated heterocycles. The van der Waals surface area contributed by atoms with E-state index in [0.29, 0.717) is 5.41 Å². The molecule has 0 aromatic carbocycles. The average Bonchev–Trinajstić information content (AvgIpc) is 2.18. The van der Waals surface area contributed by atoms with Crippen molar-refractivity contribution in [1.29, 1.82) is 0 Å².